The van der Waals surface area contributed by atoms with E-state index in [1.165, 1.54) is 6.92 Å². The van der Waals surface area contributed by atoms with E-state index in [0.717, 1.165) is 0 Å². The molecule has 1 aromatic rings. The average molecular weight is 251 g/mol. The highest BCUT2D eigenvalue weighted by molar-refractivity contribution is 6.32. The summed E-state index contributed by atoms with van der Waals surface area (Å²) in [6.45, 7) is 1.15. The number of rotatable bonds is 5. The predicted octanol–water partition coefficient (Wildman–Crippen LogP) is 2.47. The van der Waals surface area contributed by atoms with Gasteiger partial charge in [0.15, 0.2) is 5.78 Å². The first-order valence-electron chi connectivity index (χ1n) is 4.91. The van der Waals surface area contributed by atoms with Crippen molar-refractivity contribution in [3.8, 4) is 11.8 Å². The highest BCUT2D eigenvalue weighted by Crippen LogP contribution is 2.23. The van der Waals surface area contributed by atoms with Crippen LogP contribution >= 0.6 is 11.6 Å². The molecule has 0 heterocycles. The summed E-state index contributed by atoms with van der Waals surface area (Å²) in [6, 6.07) is 8.52. The minimum atomic E-state index is -1.04. The van der Waals surface area contributed by atoms with Gasteiger partial charge >= 0.3 is 0 Å². The number of benzene rings is 1. The average Bonchev–Trinajstić information content (AvgIpc) is 2.28. The zero-order chi connectivity index (χ0) is 12.8. The Labute approximate surface area is 104 Å². The standard InChI is InChI=1S/C12H11ClN2O2/c1-8(15)9(6-14)11(16)7-17-12-5-3-2-4-10(12)13/h2-5,9,15H,7H2,1H3. The van der Waals surface area contributed by atoms with Crippen molar-refractivity contribution >= 4 is 23.1 Å². The second-order valence-electron chi connectivity index (χ2n) is 3.43. The second kappa shape index (κ2) is 6.02. The molecule has 0 amide bonds. The number of nitrogens with one attached hydrogen (secondary N) is 1. The first-order chi connectivity index (χ1) is 8.06. The van der Waals surface area contributed by atoms with Gasteiger partial charge in [0.25, 0.3) is 0 Å². The van der Waals surface area contributed by atoms with Crippen molar-refractivity contribution in [3.63, 3.8) is 0 Å². The third-order valence-electron chi connectivity index (χ3n) is 2.09. The molecule has 0 spiro atoms. The van der Waals surface area contributed by atoms with Crippen LogP contribution in [0.2, 0.25) is 5.02 Å². The Balaban J connectivity index is 2.63. The molecule has 0 aliphatic carbocycles. The van der Waals surface area contributed by atoms with Gasteiger partial charge in [-0.05, 0) is 19.1 Å². The number of hydrogen-bond donors (Lipinski definition) is 1. The van der Waals surface area contributed by atoms with Gasteiger partial charge in [-0.3, -0.25) is 4.79 Å². The van der Waals surface area contributed by atoms with Crippen molar-refractivity contribution < 1.29 is 9.53 Å². The van der Waals surface area contributed by atoms with Crippen molar-refractivity contribution in [2.24, 2.45) is 5.92 Å². The van der Waals surface area contributed by atoms with Gasteiger partial charge in [-0.15, -0.1) is 0 Å². The minimum Gasteiger partial charge on any atom is -0.484 e. The fraction of sp³-hybridized carbons (Fsp3) is 0.250. The van der Waals surface area contributed by atoms with Gasteiger partial charge in [-0.2, -0.15) is 5.26 Å². The quantitative estimate of drug-likeness (QED) is 0.816. The molecule has 0 aliphatic heterocycles. The molecule has 1 atom stereocenters. The van der Waals surface area contributed by atoms with Crippen LogP contribution in [-0.2, 0) is 4.79 Å². The van der Waals surface area contributed by atoms with E-state index in [1.54, 1.807) is 30.3 Å². The second-order valence-corrected chi connectivity index (χ2v) is 3.84. The Morgan fingerprint density at radius 3 is 2.76 bits per heavy atom. The van der Waals surface area contributed by atoms with Gasteiger partial charge in [0.05, 0.1) is 11.1 Å². The van der Waals surface area contributed by atoms with E-state index in [1.807, 2.05) is 0 Å². The molecule has 0 saturated carbocycles. The van der Waals surface area contributed by atoms with Gasteiger partial charge in [-0.1, -0.05) is 23.7 Å². The Kier molecular flexibility index (Phi) is 4.68. The van der Waals surface area contributed by atoms with Crippen LogP contribution in [0.25, 0.3) is 0 Å². The molecular formula is C12H11ClN2O2. The fourth-order valence-electron chi connectivity index (χ4n) is 1.20. The van der Waals surface area contributed by atoms with E-state index in [4.69, 9.17) is 27.0 Å². The topological polar surface area (TPSA) is 73.9 Å². The van der Waals surface area contributed by atoms with Crippen LogP contribution in [0.3, 0.4) is 0 Å². The van der Waals surface area contributed by atoms with Crippen molar-refractivity contribution in [3.05, 3.63) is 29.3 Å². The van der Waals surface area contributed by atoms with Crippen molar-refractivity contribution in [2.45, 2.75) is 6.92 Å². The maximum atomic E-state index is 11.6. The SMILES string of the molecule is CC(=N)C(C#N)C(=O)COc1ccccc1Cl. The van der Waals surface area contributed by atoms with Gasteiger partial charge in [0.1, 0.15) is 18.3 Å². The van der Waals surface area contributed by atoms with Gasteiger partial charge in [0.2, 0.25) is 0 Å². The van der Waals surface area contributed by atoms with Crippen molar-refractivity contribution in [1.29, 1.82) is 10.7 Å². The molecule has 0 bridgehead atoms. The van der Waals surface area contributed by atoms with E-state index in [-0.39, 0.29) is 12.3 Å². The number of carbonyl (C=O) groups excluding carboxylic acids is 1. The van der Waals surface area contributed by atoms with Crippen LogP contribution in [0, 0.1) is 22.7 Å². The summed E-state index contributed by atoms with van der Waals surface area (Å²) in [4.78, 5) is 11.6. The minimum absolute atomic E-state index is 0.0141. The summed E-state index contributed by atoms with van der Waals surface area (Å²) in [6.07, 6.45) is 0. The number of ether oxygens (including phenoxy) is 1. The number of halogens is 1. The predicted molar refractivity (Wildman–Crippen MR) is 64.5 cm³/mol. The molecule has 0 fully saturated rings. The molecule has 0 radical (unpaired) electrons. The summed E-state index contributed by atoms with van der Waals surface area (Å²) >= 11 is 5.84. The number of hydrogen-bond acceptors (Lipinski definition) is 4. The Bertz CT molecular complexity index is 480. The van der Waals surface area contributed by atoms with Gasteiger partial charge in [-0.25, -0.2) is 0 Å². The molecule has 17 heavy (non-hydrogen) atoms. The summed E-state index contributed by atoms with van der Waals surface area (Å²) in [5, 5.41) is 16.4. The van der Waals surface area contributed by atoms with Crippen LogP contribution < -0.4 is 4.74 Å². The summed E-state index contributed by atoms with van der Waals surface area (Å²) in [5.74, 6) is -1.10. The summed E-state index contributed by atoms with van der Waals surface area (Å²) < 4.78 is 5.20. The maximum Gasteiger partial charge on any atom is 0.192 e. The lowest BCUT2D eigenvalue weighted by Gasteiger charge is -2.09. The van der Waals surface area contributed by atoms with Crippen molar-refractivity contribution in [1.82, 2.24) is 0 Å². The van der Waals surface area contributed by atoms with E-state index >= 15 is 0 Å². The number of para-hydroxylation sites is 1. The van der Waals surface area contributed by atoms with E-state index < -0.39 is 11.7 Å². The third-order valence-corrected chi connectivity index (χ3v) is 2.40. The Hall–Kier alpha value is -1.86. The zero-order valence-electron chi connectivity index (χ0n) is 9.24. The smallest absolute Gasteiger partial charge is 0.192 e. The highest BCUT2D eigenvalue weighted by atomic mass is 35.5. The lowest BCUT2D eigenvalue weighted by Crippen LogP contribution is -2.25. The van der Waals surface area contributed by atoms with Crippen molar-refractivity contribution in [2.75, 3.05) is 6.61 Å². The van der Waals surface area contributed by atoms with Gasteiger partial charge < -0.3 is 10.1 Å². The molecule has 1 rings (SSSR count). The van der Waals surface area contributed by atoms with Crippen LogP contribution in [0.15, 0.2) is 24.3 Å². The molecule has 0 aromatic heterocycles. The normalized spacial score (nSPS) is 11.4. The maximum absolute atomic E-state index is 11.6. The monoisotopic (exact) mass is 250 g/mol. The largest absolute Gasteiger partial charge is 0.484 e. The van der Waals surface area contributed by atoms with Crippen LogP contribution in [0.5, 0.6) is 5.75 Å². The molecule has 0 saturated heterocycles. The first kappa shape index (κ1) is 13.2. The molecule has 88 valence electrons. The van der Waals surface area contributed by atoms with Crippen LogP contribution in [0.1, 0.15) is 6.92 Å². The molecule has 1 unspecified atom stereocenters. The van der Waals surface area contributed by atoms with E-state index in [2.05, 4.69) is 0 Å². The number of nitriles is 1. The summed E-state index contributed by atoms with van der Waals surface area (Å²) in [7, 11) is 0. The lowest BCUT2D eigenvalue weighted by molar-refractivity contribution is -0.121. The molecule has 4 nitrogen and oxygen atoms in total. The van der Waals surface area contributed by atoms with Gasteiger partial charge in [0, 0.05) is 5.71 Å². The molecular weight excluding hydrogens is 240 g/mol. The Morgan fingerprint density at radius 2 is 2.24 bits per heavy atom. The lowest BCUT2D eigenvalue weighted by atomic mass is 10.0. The number of ketones is 1. The highest BCUT2D eigenvalue weighted by Gasteiger charge is 2.20. The molecule has 5 heteroatoms. The fourth-order valence-corrected chi connectivity index (χ4v) is 1.39. The third kappa shape index (κ3) is 3.58. The zero-order valence-corrected chi connectivity index (χ0v) is 9.99. The molecule has 1 N–H and O–H groups in total. The Morgan fingerprint density at radius 1 is 1.59 bits per heavy atom. The van der Waals surface area contributed by atoms with Crippen LogP contribution in [-0.4, -0.2) is 18.1 Å². The molecule has 0 aliphatic rings. The number of carbonyl (C=O) groups is 1. The van der Waals surface area contributed by atoms with E-state index in [0.29, 0.717) is 10.8 Å². The van der Waals surface area contributed by atoms with E-state index in [9.17, 15) is 4.79 Å². The first-order valence-corrected chi connectivity index (χ1v) is 5.28. The summed E-state index contributed by atoms with van der Waals surface area (Å²) in [5.41, 5.74) is 0.0141. The van der Waals surface area contributed by atoms with Crippen LogP contribution in [0.4, 0.5) is 0 Å². The number of Topliss-reactive ketones (excluding diaryl/α,β-unsaturated/α-hetero) is 1. The number of nitrogens with zero attached hydrogens (tertiary/aromatic N) is 1. The molecule has 1 aromatic carbocycles.